The molecular formula is C15H27ClN2O2S. The Morgan fingerprint density at radius 2 is 1.57 bits per heavy atom. The molecule has 0 heterocycles. The first kappa shape index (κ1) is 20.4. The Labute approximate surface area is 135 Å². The lowest BCUT2D eigenvalue weighted by atomic mass is 9.82. The van der Waals surface area contributed by atoms with E-state index in [4.69, 9.17) is 5.73 Å². The maximum absolute atomic E-state index is 12.1. The van der Waals surface area contributed by atoms with Crippen LogP contribution in [0.15, 0.2) is 29.2 Å². The summed E-state index contributed by atoms with van der Waals surface area (Å²) in [4.78, 5) is 0.275. The highest BCUT2D eigenvalue weighted by Gasteiger charge is 2.21. The number of hydrogen-bond acceptors (Lipinski definition) is 3. The van der Waals surface area contributed by atoms with Crippen molar-refractivity contribution in [1.29, 1.82) is 0 Å². The smallest absolute Gasteiger partial charge is 0.240 e. The van der Waals surface area contributed by atoms with Crippen molar-refractivity contribution in [2.24, 2.45) is 5.73 Å². The minimum atomic E-state index is -3.49. The minimum Gasteiger partial charge on any atom is -0.324 e. The number of halogens is 1. The van der Waals surface area contributed by atoms with E-state index in [9.17, 15) is 8.42 Å². The van der Waals surface area contributed by atoms with Crippen LogP contribution < -0.4 is 10.5 Å². The Bertz CT molecular complexity index is 546. The first-order valence-electron chi connectivity index (χ1n) is 6.87. The molecule has 0 radical (unpaired) electrons. The minimum absolute atomic E-state index is 0. The van der Waals surface area contributed by atoms with E-state index in [2.05, 4.69) is 25.5 Å². The number of benzene rings is 1. The molecule has 6 heteroatoms. The molecule has 0 aliphatic heterocycles. The van der Waals surface area contributed by atoms with Crippen LogP contribution in [0.2, 0.25) is 0 Å². The van der Waals surface area contributed by atoms with Crippen LogP contribution in [0.4, 0.5) is 0 Å². The van der Waals surface area contributed by atoms with Gasteiger partial charge in [0.2, 0.25) is 10.0 Å². The zero-order valence-corrected chi connectivity index (χ0v) is 15.1. The van der Waals surface area contributed by atoms with Gasteiger partial charge in [-0.3, -0.25) is 0 Å². The van der Waals surface area contributed by atoms with Gasteiger partial charge in [0.05, 0.1) is 4.90 Å². The fraction of sp³-hybridized carbons (Fsp3) is 0.600. The van der Waals surface area contributed by atoms with Crippen LogP contribution in [0.5, 0.6) is 0 Å². The molecule has 1 aromatic rings. The fourth-order valence-electron chi connectivity index (χ4n) is 1.65. The molecule has 0 atom stereocenters. The molecule has 0 aromatic heterocycles. The highest BCUT2D eigenvalue weighted by Crippen LogP contribution is 2.27. The number of rotatable bonds is 6. The van der Waals surface area contributed by atoms with Gasteiger partial charge in [0, 0.05) is 12.1 Å². The van der Waals surface area contributed by atoms with Gasteiger partial charge in [-0.05, 0) is 43.4 Å². The summed E-state index contributed by atoms with van der Waals surface area (Å²) in [5.41, 5.74) is 6.41. The van der Waals surface area contributed by atoms with Gasteiger partial charge in [-0.15, -0.1) is 12.4 Å². The van der Waals surface area contributed by atoms with E-state index in [1.807, 2.05) is 12.1 Å². The van der Waals surface area contributed by atoms with Crippen molar-refractivity contribution in [2.75, 3.05) is 6.54 Å². The van der Waals surface area contributed by atoms with Crippen molar-refractivity contribution in [3.63, 3.8) is 0 Å². The zero-order valence-electron chi connectivity index (χ0n) is 13.4. The van der Waals surface area contributed by atoms with Gasteiger partial charge in [-0.2, -0.15) is 0 Å². The monoisotopic (exact) mass is 334 g/mol. The van der Waals surface area contributed by atoms with Crippen molar-refractivity contribution in [2.45, 2.75) is 56.9 Å². The van der Waals surface area contributed by atoms with Crippen LogP contribution in [0.1, 0.15) is 46.6 Å². The molecule has 0 spiro atoms. The molecular weight excluding hydrogens is 308 g/mol. The molecule has 0 aliphatic carbocycles. The molecule has 0 saturated heterocycles. The standard InChI is InChI=1S/C15H26N2O2S.ClH/c1-6-14(2,3)12-7-9-13(10-8-12)20(18,19)17-11-15(4,5)16;/h7-10,17H,6,11,16H2,1-5H3;1H. The summed E-state index contributed by atoms with van der Waals surface area (Å²) < 4.78 is 26.8. The van der Waals surface area contributed by atoms with Crippen LogP contribution in [-0.4, -0.2) is 20.5 Å². The van der Waals surface area contributed by atoms with Crippen LogP contribution in [-0.2, 0) is 15.4 Å². The SMILES string of the molecule is CCC(C)(C)c1ccc(S(=O)(=O)NCC(C)(C)N)cc1.Cl. The Morgan fingerprint density at radius 1 is 1.10 bits per heavy atom. The third-order valence-electron chi connectivity index (χ3n) is 3.55. The van der Waals surface area contributed by atoms with Crippen molar-refractivity contribution in [1.82, 2.24) is 4.72 Å². The first-order chi connectivity index (χ1) is 8.98. The summed E-state index contributed by atoms with van der Waals surface area (Å²) in [7, 11) is -3.49. The fourth-order valence-corrected chi connectivity index (χ4v) is 2.88. The van der Waals surface area contributed by atoms with E-state index in [1.54, 1.807) is 26.0 Å². The van der Waals surface area contributed by atoms with Gasteiger partial charge in [-0.25, -0.2) is 13.1 Å². The second-order valence-corrected chi connectivity index (χ2v) is 8.34. The molecule has 122 valence electrons. The highest BCUT2D eigenvalue weighted by molar-refractivity contribution is 7.89. The predicted octanol–water partition coefficient (Wildman–Crippen LogP) is 2.81. The van der Waals surface area contributed by atoms with Crippen molar-refractivity contribution < 1.29 is 8.42 Å². The lowest BCUT2D eigenvalue weighted by molar-refractivity contribution is 0.497. The van der Waals surface area contributed by atoms with Crippen molar-refractivity contribution >= 4 is 22.4 Å². The van der Waals surface area contributed by atoms with Gasteiger partial charge in [0.1, 0.15) is 0 Å². The third-order valence-corrected chi connectivity index (χ3v) is 4.96. The molecule has 21 heavy (non-hydrogen) atoms. The summed E-state index contributed by atoms with van der Waals surface area (Å²) in [6.45, 7) is 10.2. The van der Waals surface area contributed by atoms with E-state index in [-0.39, 0.29) is 29.3 Å². The molecule has 0 aliphatic rings. The lowest BCUT2D eigenvalue weighted by Gasteiger charge is -2.23. The molecule has 1 aromatic carbocycles. The van der Waals surface area contributed by atoms with E-state index < -0.39 is 15.6 Å². The highest BCUT2D eigenvalue weighted by atomic mass is 35.5. The Kier molecular flexibility index (Phi) is 6.88. The first-order valence-corrected chi connectivity index (χ1v) is 8.35. The van der Waals surface area contributed by atoms with Crippen molar-refractivity contribution in [3.05, 3.63) is 29.8 Å². The maximum Gasteiger partial charge on any atom is 0.240 e. The Balaban J connectivity index is 0.00000400. The molecule has 0 unspecified atom stereocenters. The molecule has 0 fully saturated rings. The Morgan fingerprint density at radius 3 is 1.95 bits per heavy atom. The molecule has 1 rings (SSSR count). The average Bonchev–Trinajstić information content (AvgIpc) is 2.36. The van der Waals surface area contributed by atoms with Crippen LogP contribution in [0.3, 0.4) is 0 Å². The second kappa shape index (κ2) is 7.09. The summed E-state index contributed by atoms with van der Waals surface area (Å²) in [6.07, 6.45) is 0.999. The topological polar surface area (TPSA) is 72.2 Å². The lowest BCUT2D eigenvalue weighted by Crippen LogP contribution is -2.45. The Hall–Kier alpha value is -0.620. The average molecular weight is 335 g/mol. The van der Waals surface area contributed by atoms with Crippen LogP contribution in [0, 0.1) is 0 Å². The van der Waals surface area contributed by atoms with Crippen LogP contribution >= 0.6 is 12.4 Å². The van der Waals surface area contributed by atoms with Crippen molar-refractivity contribution in [3.8, 4) is 0 Å². The normalized spacial score (nSPS) is 12.9. The van der Waals surface area contributed by atoms with Gasteiger partial charge in [-0.1, -0.05) is 32.9 Å². The summed E-state index contributed by atoms with van der Waals surface area (Å²) in [6, 6.07) is 7.06. The summed E-state index contributed by atoms with van der Waals surface area (Å²) in [5, 5.41) is 0. The molecule has 0 bridgehead atoms. The zero-order chi connectivity index (χ0) is 15.6. The largest absolute Gasteiger partial charge is 0.324 e. The quantitative estimate of drug-likeness (QED) is 0.840. The van der Waals surface area contributed by atoms with E-state index >= 15 is 0 Å². The van der Waals surface area contributed by atoms with Gasteiger partial charge >= 0.3 is 0 Å². The maximum atomic E-state index is 12.1. The summed E-state index contributed by atoms with van der Waals surface area (Å²) in [5.74, 6) is 0. The number of hydrogen-bond donors (Lipinski definition) is 2. The second-order valence-electron chi connectivity index (χ2n) is 6.57. The molecule has 0 amide bonds. The summed E-state index contributed by atoms with van der Waals surface area (Å²) >= 11 is 0. The number of nitrogens with two attached hydrogens (primary N) is 1. The number of sulfonamides is 1. The molecule has 4 nitrogen and oxygen atoms in total. The molecule has 3 N–H and O–H groups in total. The van der Waals surface area contributed by atoms with Gasteiger partial charge in [0.15, 0.2) is 0 Å². The van der Waals surface area contributed by atoms with E-state index in [0.717, 1.165) is 12.0 Å². The van der Waals surface area contributed by atoms with Crippen LogP contribution in [0.25, 0.3) is 0 Å². The van der Waals surface area contributed by atoms with E-state index in [1.165, 1.54) is 0 Å². The van der Waals surface area contributed by atoms with Gasteiger partial charge < -0.3 is 5.73 Å². The van der Waals surface area contributed by atoms with Gasteiger partial charge in [0.25, 0.3) is 0 Å². The van der Waals surface area contributed by atoms with E-state index in [0.29, 0.717) is 0 Å². The predicted molar refractivity (Wildman–Crippen MR) is 90.5 cm³/mol. The third kappa shape index (κ3) is 5.94. The molecule has 0 saturated carbocycles. The number of nitrogens with one attached hydrogen (secondary N) is 1.